The third-order valence-corrected chi connectivity index (χ3v) is 3.27. The Morgan fingerprint density at radius 3 is 1.84 bits per heavy atom. The third kappa shape index (κ3) is 5.46. The van der Waals surface area contributed by atoms with E-state index < -0.39 is 0 Å². The molecule has 0 unspecified atom stereocenters. The van der Waals surface area contributed by atoms with Crippen molar-refractivity contribution >= 4 is 29.1 Å². The van der Waals surface area contributed by atoms with E-state index in [0.717, 1.165) is 0 Å². The van der Waals surface area contributed by atoms with Crippen molar-refractivity contribution in [2.75, 3.05) is 10.6 Å². The summed E-state index contributed by atoms with van der Waals surface area (Å²) in [5.41, 5.74) is 2.10. The van der Waals surface area contributed by atoms with Crippen LogP contribution in [0, 0.1) is 0 Å². The van der Waals surface area contributed by atoms with E-state index in [1.54, 1.807) is 48.5 Å². The molecule has 3 amide bonds. The lowest BCUT2D eigenvalue weighted by atomic mass is 10.1. The topological polar surface area (TPSA) is 87.3 Å². The fraction of sp³-hybridized carbons (Fsp3) is 0.211. The number of nitrogens with one attached hydrogen (secondary N) is 3. The highest BCUT2D eigenvalue weighted by Gasteiger charge is 2.10. The highest BCUT2D eigenvalue weighted by molar-refractivity contribution is 6.05. The van der Waals surface area contributed by atoms with E-state index in [9.17, 15) is 14.4 Å². The van der Waals surface area contributed by atoms with Crippen LogP contribution in [0.5, 0.6) is 0 Å². The number of anilines is 2. The van der Waals surface area contributed by atoms with Gasteiger partial charge in [-0.05, 0) is 56.3 Å². The van der Waals surface area contributed by atoms with Gasteiger partial charge in [0.15, 0.2) is 0 Å². The molecule has 3 N–H and O–H groups in total. The first-order valence-electron chi connectivity index (χ1n) is 7.95. The van der Waals surface area contributed by atoms with Crippen molar-refractivity contribution in [1.82, 2.24) is 5.32 Å². The molecule has 0 aliphatic rings. The molecule has 0 aliphatic carbocycles. The molecule has 0 aromatic heterocycles. The van der Waals surface area contributed by atoms with Gasteiger partial charge in [-0.25, -0.2) is 0 Å². The second-order valence-electron chi connectivity index (χ2n) is 5.92. The summed E-state index contributed by atoms with van der Waals surface area (Å²) in [4.78, 5) is 35.3. The first kappa shape index (κ1) is 18.2. The van der Waals surface area contributed by atoms with E-state index >= 15 is 0 Å². The minimum Gasteiger partial charge on any atom is -0.350 e. The summed E-state index contributed by atoms with van der Waals surface area (Å²) in [6.45, 7) is 5.19. The molecule has 0 spiro atoms. The van der Waals surface area contributed by atoms with Gasteiger partial charge in [-0.3, -0.25) is 14.4 Å². The molecule has 2 aromatic rings. The number of rotatable bonds is 5. The van der Waals surface area contributed by atoms with Crippen molar-refractivity contribution < 1.29 is 14.4 Å². The minimum atomic E-state index is -0.296. The number of amides is 3. The molecule has 0 saturated heterocycles. The summed E-state index contributed by atoms with van der Waals surface area (Å²) in [5.74, 6) is -0.653. The van der Waals surface area contributed by atoms with Crippen LogP contribution in [0.25, 0.3) is 0 Å². The van der Waals surface area contributed by atoms with Gasteiger partial charge in [-0.1, -0.05) is 6.07 Å². The SMILES string of the molecule is CC(=O)Nc1cccc(NC(=O)c2ccc(C(=O)NC(C)C)cc2)c1. The molecule has 0 saturated carbocycles. The Hall–Kier alpha value is -3.15. The van der Waals surface area contributed by atoms with Gasteiger partial charge in [0.2, 0.25) is 5.91 Å². The van der Waals surface area contributed by atoms with Crippen LogP contribution >= 0.6 is 0 Å². The van der Waals surface area contributed by atoms with Crippen LogP contribution in [-0.2, 0) is 4.79 Å². The third-order valence-electron chi connectivity index (χ3n) is 3.27. The Balaban J connectivity index is 2.06. The average Bonchev–Trinajstić information content (AvgIpc) is 2.54. The lowest BCUT2D eigenvalue weighted by Gasteiger charge is -2.10. The summed E-state index contributed by atoms with van der Waals surface area (Å²) >= 11 is 0. The molecule has 25 heavy (non-hydrogen) atoms. The van der Waals surface area contributed by atoms with Crippen molar-refractivity contribution in [3.05, 3.63) is 59.7 Å². The van der Waals surface area contributed by atoms with Crippen molar-refractivity contribution in [3.63, 3.8) is 0 Å². The summed E-state index contributed by atoms with van der Waals surface area (Å²) in [7, 11) is 0. The van der Waals surface area contributed by atoms with Crippen LogP contribution in [0.4, 0.5) is 11.4 Å². The minimum absolute atomic E-state index is 0.0476. The van der Waals surface area contributed by atoms with Crippen LogP contribution in [0.3, 0.4) is 0 Å². The van der Waals surface area contributed by atoms with Gasteiger partial charge in [-0.2, -0.15) is 0 Å². The van der Waals surface area contributed by atoms with Crippen molar-refractivity contribution in [2.24, 2.45) is 0 Å². The van der Waals surface area contributed by atoms with E-state index in [4.69, 9.17) is 0 Å². The number of hydrogen-bond donors (Lipinski definition) is 3. The predicted molar refractivity (Wildman–Crippen MR) is 97.7 cm³/mol. The van der Waals surface area contributed by atoms with Crippen LogP contribution in [-0.4, -0.2) is 23.8 Å². The first-order chi connectivity index (χ1) is 11.8. The fourth-order valence-electron chi connectivity index (χ4n) is 2.20. The predicted octanol–water partition coefficient (Wildman–Crippen LogP) is 3.04. The van der Waals surface area contributed by atoms with E-state index in [1.165, 1.54) is 6.92 Å². The summed E-state index contributed by atoms with van der Waals surface area (Å²) in [6.07, 6.45) is 0. The Labute approximate surface area is 146 Å². The standard InChI is InChI=1S/C19H21N3O3/c1-12(2)20-18(24)14-7-9-15(10-8-14)19(25)22-17-6-4-5-16(11-17)21-13(3)23/h4-12H,1-3H3,(H,20,24)(H,21,23)(H,22,25). The normalized spacial score (nSPS) is 10.2. The van der Waals surface area contributed by atoms with Gasteiger partial charge in [-0.15, -0.1) is 0 Å². The van der Waals surface area contributed by atoms with E-state index in [2.05, 4.69) is 16.0 Å². The molecule has 0 radical (unpaired) electrons. The zero-order valence-corrected chi connectivity index (χ0v) is 14.4. The molecule has 0 fully saturated rings. The maximum absolute atomic E-state index is 12.3. The molecule has 0 aliphatic heterocycles. The molecule has 0 bridgehead atoms. The molecule has 130 valence electrons. The molecule has 2 aromatic carbocycles. The fourth-order valence-corrected chi connectivity index (χ4v) is 2.20. The lowest BCUT2D eigenvalue weighted by molar-refractivity contribution is -0.114. The average molecular weight is 339 g/mol. The summed E-state index contributed by atoms with van der Waals surface area (Å²) < 4.78 is 0. The molecule has 6 nitrogen and oxygen atoms in total. The summed E-state index contributed by atoms with van der Waals surface area (Å²) in [6, 6.07) is 13.3. The molecular weight excluding hydrogens is 318 g/mol. The van der Waals surface area contributed by atoms with Crippen molar-refractivity contribution in [2.45, 2.75) is 26.8 Å². The van der Waals surface area contributed by atoms with Crippen LogP contribution in [0.15, 0.2) is 48.5 Å². The van der Waals surface area contributed by atoms with Gasteiger partial charge in [0, 0.05) is 35.5 Å². The van der Waals surface area contributed by atoms with Gasteiger partial charge < -0.3 is 16.0 Å². The number of benzene rings is 2. The molecule has 2 rings (SSSR count). The van der Waals surface area contributed by atoms with E-state index in [-0.39, 0.29) is 23.8 Å². The lowest BCUT2D eigenvalue weighted by Crippen LogP contribution is -2.30. The van der Waals surface area contributed by atoms with Gasteiger partial charge in [0.1, 0.15) is 0 Å². The van der Waals surface area contributed by atoms with Crippen LogP contribution < -0.4 is 16.0 Å². The van der Waals surface area contributed by atoms with Crippen LogP contribution in [0.2, 0.25) is 0 Å². The molecule has 0 atom stereocenters. The zero-order valence-electron chi connectivity index (χ0n) is 14.4. The van der Waals surface area contributed by atoms with Gasteiger partial charge in [0.05, 0.1) is 0 Å². The first-order valence-corrected chi connectivity index (χ1v) is 7.95. The van der Waals surface area contributed by atoms with Gasteiger partial charge >= 0.3 is 0 Å². The Morgan fingerprint density at radius 1 is 0.800 bits per heavy atom. The maximum Gasteiger partial charge on any atom is 0.255 e. The Bertz CT molecular complexity index is 783. The molecule has 6 heteroatoms. The monoisotopic (exact) mass is 339 g/mol. The van der Waals surface area contributed by atoms with E-state index in [0.29, 0.717) is 22.5 Å². The quantitative estimate of drug-likeness (QED) is 0.782. The highest BCUT2D eigenvalue weighted by Crippen LogP contribution is 2.16. The largest absolute Gasteiger partial charge is 0.350 e. The highest BCUT2D eigenvalue weighted by atomic mass is 16.2. The molecule has 0 heterocycles. The number of carbonyl (C=O) groups excluding carboxylic acids is 3. The maximum atomic E-state index is 12.3. The van der Waals surface area contributed by atoms with Crippen molar-refractivity contribution in [1.29, 1.82) is 0 Å². The second kappa shape index (κ2) is 8.10. The summed E-state index contributed by atoms with van der Waals surface area (Å²) in [5, 5.41) is 8.22. The Morgan fingerprint density at radius 2 is 1.32 bits per heavy atom. The van der Waals surface area contributed by atoms with Crippen LogP contribution in [0.1, 0.15) is 41.5 Å². The van der Waals surface area contributed by atoms with Gasteiger partial charge in [0.25, 0.3) is 11.8 Å². The number of carbonyl (C=O) groups is 3. The number of hydrogen-bond acceptors (Lipinski definition) is 3. The Kier molecular flexibility index (Phi) is 5.89. The van der Waals surface area contributed by atoms with Crippen molar-refractivity contribution in [3.8, 4) is 0 Å². The zero-order chi connectivity index (χ0) is 18.4. The smallest absolute Gasteiger partial charge is 0.255 e. The second-order valence-corrected chi connectivity index (χ2v) is 5.92. The van der Waals surface area contributed by atoms with E-state index in [1.807, 2.05) is 13.8 Å². The molecular formula is C19H21N3O3.